The van der Waals surface area contributed by atoms with Gasteiger partial charge < -0.3 is 9.84 Å². The molecule has 3 aromatic heterocycles. The number of nitrogens with zero attached hydrogens (tertiary/aromatic N) is 4. The SMILES string of the molecule is Cc1noc2nc(-c3ccccc3)cc(C(=O)NC3CCCCC3n3cccn3)c12. The number of aryl methyl sites for hydroxylation is 1. The van der Waals surface area contributed by atoms with Crippen molar-refractivity contribution in [3.63, 3.8) is 0 Å². The maximum absolute atomic E-state index is 13.4. The van der Waals surface area contributed by atoms with Crippen LogP contribution in [0.3, 0.4) is 0 Å². The van der Waals surface area contributed by atoms with Crippen molar-refractivity contribution in [3.05, 3.63) is 66.1 Å². The largest absolute Gasteiger partial charge is 0.347 e. The molecule has 1 amide bonds. The van der Waals surface area contributed by atoms with E-state index >= 15 is 0 Å². The molecule has 0 radical (unpaired) electrons. The Kier molecular flexibility index (Phi) is 4.78. The van der Waals surface area contributed by atoms with Gasteiger partial charge in [0.1, 0.15) is 0 Å². The van der Waals surface area contributed by atoms with Gasteiger partial charge in [0.05, 0.1) is 34.4 Å². The van der Waals surface area contributed by atoms with Gasteiger partial charge in [0.15, 0.2) is 0 Å². The second-order valence-corrected chi connectivity index (χ2v) is 7.79. The number of aromatic nitrogens is 4. The number of hydrogen-bond acceptors (Lipinski definition) is 5. The van der Waals surface area contributed by atoms with Gasteiger partial charge in [0.25, 0.3) is 11.6 Å². The third-order valence-corrected chi connectivity index (χ3v) is 5.84. The number of nitrogens with one attached hydrogen (secondary N) is 1. The monoisotopic (exact) mass is 401 g/mol. The smallest absolute Gasteiger partial charge is 0.259 e. The number of benzene rings is 1. The molecule has 0 aliphatic heterocycles. The Morgan fingerprint density at radius 3 is 2.80 bits per heavy atom. The first kappa shape index (κ1) is 18.5. The Hall–Kier alpha value is -3.48. The van der Waals surface area contributed by atoms with Gasteiger partial charge >= 0.3 is 0 Å². The molecule has 7 nitrogen and oxygen atoms in total. The summed E-state index contributed by atoms with van der Waals surface area (Å²) in [5.41, 5.74) is 3.20. The molecule has 2 unspecified atom stereocenters. The molecular formula is C23H23N5O2. The average Bonchev–Trinajstić information content (AvgIpc) is 3.44. The zero-order valence-electron chi connectivity index (χ0n) is 16.8. The maximum atomic E-state index is 13.4. The molecule has 0 spiro atoms. The van der Waals surface area contributed by atoms with E-state index in [0.29, 0.717) is 28.1 Å². The molecule has 2 atom stereocenters. The van der Waals surface area contributed by atoms with E-state index in [1.807, 2.05) is 60.3 Å². The first-order valence-electron chi connectivity index (χ1n) is 10.3. The van der Waals surface area contributed by atoms with Gasteiger partial charge in [-0.2, -0.15) is 5.10 Å². The molecule has 7 heteroatoms. The van der Waals surface area contributed by atoms with Gasteiger partial charge in [-0.05, 0) is 31.9 Å². The number of pyridine rings is 1. The first-order valence-corrected chi connectivity index (χ1v) is 10.3. The normalized spacial score (nSPS) is 19.1. The summed E-state index contributed by atoms with van der Waals surface area (Å²) in [7, 11) is 0. The van der Waals surface area contributed by atoms with E-state index in [-0.39, 0.29) is 18.0 Å². The van der Waals surface area contributed by atoms with E-state index in [9.17, 15) is 4.79 Å². The van der Waals surface area contributed by atoms with Crippen molar-refractivity contribution < 1.29 is 9.32 Å². The Labute approximate surface area is 174 Å². The van der Waals surface area contributed by atoms with Crippen molar-refractivity contribution in [1.29, 1.82) is 0 Å². The molecular weight excluding hydrogens is 378 g/mol. The average molecular weight is 401 g/mol. The number of fused-ring (bicyclic) bond motifs is 1. The quantitative estimate of drug-likeness (QED) is 0.551. The summed E-state index contributed by atoms with van der Waals surface area (Å²) < 4.78 is 7.38. The fourth-order valence-corrected chi connectivity index (χ4v) is 4.35. The highest BCUT2D eigenvalue weighted by molar-refractivity contribution is 6.07. The van der Waals surface area contributed by atoms with Gasteiger partial charge in [-0.3, -0.25) is 9.48 Å². The molecule has 1 fully saturated rings. The summed E-state index contributed by atoms with van der Waals surface area (Å²) in [6, 6.07) is 13.7. The van der Waals surface area contributed by atoms with Crippen molar-refractivity contribution in [2.45, 2.75) is 44.7 Å². The molecule has 1 N–H and O–H groups in total. The minimum Gasteiger partial charge on any atom is -0.347 e. The van der Waals surface area contributed by atoms with Crippen LogP contribution in [-0.4, -0.2) is 31.9 Å². The van der Waals surface area contributed by atoms with E-state index in [2.05, 4.69) is 20.6 Å². The Morgan fingerprint density at radius 1 is 1.17 bits per heavy atom. The summed E-state index contributed by atoms with van der Waals surface area (Å²) in [6.07, 6.45) is 7.91. The van der Waals surface area contributed by atoms with Crippen molar-refractivity contribution in [2.75, 3.05) is 0 Å². The minimum absolute atomic E-state index is 0.0229. The van der Waals surface area contributed by atoms with Gasteiger partial charge in [0, 0.05) is 18.0 Å². The Morgan fingerprint density at radius 2 is 2.00 bits per heavy atom. The van der Waals surface area contributed by atoms with Crippen LogP contribution in [-0.2, 0) is 0 Å². The molecule has 0 bridgehead atoms. The summed E-state index contributed by atoms with van der Waals surface area (Å²) in [5.74, 6) is -0.130. The van der Waals surface area contributed by atoms with Crippen LogP contribution >= 0.6 is 0 Å². The standard InChI is InChI=1S/C23H23N5O2/c1-15-21-17(14-19(26-23(21)30-27-15)16-8-3-2-4-9-16)22(29)25-18-10-5-6-11-20(18)28-13-7-12-24-28/h2-4,7-9,12-14,18,20H,5-6,10-11H2,1H3,(H,25,29). The highest BCUT2D eigenvalue weighted by Gasteiger charge is 2.29. The number of hydrogen-bond donors (Lipinski definition) is 1. The van der Waals surface area contributed by atoms with E-state index in [0.717, 1.165) is 31.2 Å². The molecule has 1 aromatic carbocycles. The van der Waals surface area contributed by atoms with Gasteiger partial charge in [-0.25, -0.2) is 4.98 Å². The second-order valence-electron chi connectivity index (χ2n) is 7.79. The van der Waals surface area contributed by atoms with E-state index in [4.69, 9.17) is 4.52 Å². The van der Waals surface area contributed by atoms with E-state index < -0.39 is 0 Å². The lowest BCUT2D eigenvalue weighted by molar-refractivity contribution is 0.0906. The number of carbonyl (C=O) groups is 1. The van der Waals surface area contributed by atoms with Crippen LogP contribution in [0.2, 0.25) is 0 Å². The van der Waals surface area contributed by atoms with Gasteiger partial charge in [-0.1, -0.05) is 48.3 Å². The molecule has 4 aromatic rings. The van der Waals surface area contributed by atoms with E-state index in [1.165, 1.54) is 0 Å². The van der Waals surface area contributed by atoms with Crippen LogP contribution in [0.15, 0.2) is 59.4 Å². The van der Waals surface area contributed by atoms with Gasteiger partial charge in [-0.15, -0.1) is 0 Å². The van der Waals surface area contributed by atoms with Crippen molar-refractivity contribution in [1.82, 2.24) is 25.2 Å². The second kappa shape index (κ2) is 7.74. The van der Waals surface area contributed by atoms with Crippen molar-refractivity contribution >= 4 is 17.0 Å². The van der Waals surface area contributed by atoms with Crippen LogP contribution in [0.25, 0.3) is 22.4 Å². The molecule has 0 saturated heterocycles. The topological polar surface area (TPSA) is 85.8 Å². The zero-order valence-corrected chi connectivity index (χ0v) is 16.8. The molecule has 1 aliphatic carbocycles. The lowest BCUT2D eigenvalue weighted by atomic mass is 9.90. The van der Waals surface area contributed by atoms with Crippen LogP contribution in [0.1, 0.15) is 47.8 Å². The maximum Gasteiger partial charge on any atom is 0.259 e. The minimum atomic E-state index is -0.130. The lowest BCUT2D eigenvalue weighted by Crippen LogP contribution is -2.43. The number of carbonyl (C=O) groups excluding carboxylic acids is 1. The number of amides is 1. The third kappa shape index (κ3) is 3.36. The van der Waals surface area contributed by atoms with Crippen LogP contribution < -0.4 is 5.32 Å². The predicted octanol–water partition coefficient (Wildman–Crippen LogP) is 4.31. The Bertz CT molecular complexity index is 1170. The third-order valence-electron chi connectivity index (χ3n) is 5.84. The van der Waals surface area contributed by atoms with E-state index in [1.54, 1.807) is 6.20 Å². The molecule has 5 rings (SSSR count). The van der Waals surface area contributed by atoms with Gasteiger partial charge in [0.2, 0.25) is 0 Å². The fraction of sp³-hybridized carbons (Fsp3) is 0.304. The summed E-state index contributed by atoms with van der Waals surface area (Å²) in [5, 5.41) is 12.4. The molecule has 30 heavy (non-hydrogen) atoms. The Balaban J connectivity index is 1.51. The highest BCUT2D eigenvalue weighted by Crippen LogP contribution is 2.30. The highest BCUT2D eigenvalue weighted by atomic mass is 16.5. The van der Waals surface area contributed by atoms with Crippen LogP contribution in [0, 0.1) is 6.92 Å². The summed E-state index contributed by atoms with van der Waals surface area (Å²) in [4.78, 5) is 18.0. The van der Waals surface area contributed by atoms with Crippen molar-refractivity contribution in [2.24, 2.45) is 0 Å². The fourth-order valence-electron chi connectivity index (χ4n) is 4.35. The molecule has 152 valence electrons. The van der Waals surface area contributed by atoms with Crippen LogP contribution in [0.4, 0.5) is 0 Å². The van der Waals surface area contributed by atoms with Crippen LogP contribution in [0.5, 0.6) is 0 Å². The van der Waals surface area contributed by atoms with Crippen molar-refractivity contribution in [3.8, 4) is 11.3 Å². The number of rotatable bonds is 4. The first-order chi connectivity index (χ1) is 14.7. The molecule has 1 aliphatic rings. The summed E-state index contributed by atoms with van der Waals surface area (Å²) >= 11 is 0. The lowest BCUT2D eigenvalue weighted by Gasteiger charge is -2.32. The molecule has 1 saturated carbocycles. The summed E-state index contributed by atoms with van der Waals surface area (Å²) in [6.45, 7) is 1.83. The molecule has 3 heterocycles. The predicted molar refractivity (Wildman–Crippen MR) is 113 cm³/mol. The zero-order chi connectivity index (χ0) is 20.5.